The highest BCUT2D eigenvalue weighted by atomic mass is 35.5. The molecule has 1 unspecified atom stereocenters. The number of morpholine rings is 1. The number of halogens is 4. The summed E-state index contributed by atoms with van der Waals surface area (Å²) in [6, 6.07) is 15.6. The van der Waals surface area contributed by atoms with Gasteiger partial charge in [-0.25, -0.2) is 0 Å². The molecule has 1 fully saturated rings. The van der Waals surface area contributed by atoms with E-state index in [1.807, 2.05) is 18.2 Å². The molecule has 1 saturated heterocycles. The predicted molar refractivity (Wildman–Crippen MR) is 94.0 cm³/mol. The van der Waals surface area contributed by atoms with E-state index in [1.54, 1.807) is 6.07 Å². The number of hydrogen-bond donors (Lipinski definition) is 0. The predicted octanol–water partition coefficient (Wildman–Crippen LogP) is 4.74. The van der Waals surface area contributed by atoms with Crippen molar-refractivity contribution >= 4 is 12.4 Å². The lowest BCUT2D eigenvalue weighted by molar-refractivity contribution is -0.137. The van der Waals surface area contributed by atoms with E-state index in [0.717, 1.165) is 25.6 Å². The maximum absolute atomic E-state index is 12.9. The van der Waals surface area contributed by atoms with E-state index < -0.39 is 11.7 Å². The average Bonchev–Trinajstić information content (AvgIpc) is 2.60. The van der Waals surface area contributed by atoms with Crippen molar-refractivity contribution in [2.24, 2.45) is 0 Å². The Kier molecular flexibility index (Phi) is 6.87. The Hall–Kier alpha value is -1.56. The SMILES string of the molecule is Cl.FC(F)(F)c1cccc(C2CN(CCc3ccccc3)CCO2)c1. The van der Waals surface area contributed by atoms with Gasteiger partial charge in [0.15, 0.2) is 0 Å². The standard InChI is InChI=1S/C19H20F3NO.ClH/c20-19(21,22)17-8-4-7-16(13-17)18-14-23(11-12-24-18)10-9-15-5-2-1-3-6-15;/h1-8,13,18H,9-12,14H2;1H. The number of ether oxygens (including phenoxy) is 1. The first-order valence-corrected chi connectivity index (χ1v) is 8.07. The molecule has 0 spiro atoms. The first-order chi connectivity index (χ1) is 11.5. The molecule has 0 aromatic heterocycles. The van der Waals surface area contributed by atoms with Crippen LogP contribution in [0.1, 0.15) is 22.8 Å². The fourth-order valence-corrected chi connectivity index (χ4v) is 2.95. The Morgan fingerprint density at radius 1 is 1.04 bits per heavy atom. The molecule has 1 aliphatic rings. The van der Waals surface area contributed by atoms with Crippen LogP contribution in [0.15, 0.2) is 54.6 Å². The van der Waals surface area contributed by atoms with E-state index in [1.165, 1.54) is 17.7 Å². The minimum absolute atomic E-state index is 0. The third kappa shape index (κ3) is 5.46. The number of rotatable bonds is 4. The molecule has 6 heteroatoms. The van der Waals surface area contributed by atoms with E-state index >= 15 is 0 Å². The summed E-state index contributed by atoms with van der Waals surface area (Å²) in [6.45, 7) is 2.84. The summed E-state index contributed by atoms with van der Waals surface area (Å²) in [5, 5.41) is 0. The second-order valence-electron chi connectivity index (χ2n) is 6.02. The molecule has 0 aliphatic carbocycles. The Bertz CT molecular complexity index is 663. The van der Waals surface area contributed by atoms with Gasteiger partial charge in [-0.3, -0.25) is 4.90 Å². The molecular formula is C19H21ClF3NO. The third-order valence-corrected chi connectivity index (χ3v) is 4.30. The summed E-state index contributed by atoms with van der Waals surface area (Å²) in [5.74, 6) is 0. The zero-order chi connectivity index (χ0) is 17.0. The smallest absolute Gasteiger partial charge is 0.371 e. The van der Waals surface area contributed by atoms with Crippen LogP contribution < -0.4 is 0 Å². The van der Waals surface area contributed by atoms with Crippen molar-refractivity contribution in [1.82, 2.24) is 4.90 Å². The fourth-order valence-electron chi connectivity index (χ4n) is 2.95. The van der Waals surface area contributed by atoms with E-state index in [0.29, 0.717) is 18.7 Å². The first-order valence-electron chi connectivity index (χ1n) is 8.07. The monoisotopic (exact) mass is 371 g/mol. The molecule has 0 bridgehead atoms. The molecule has 136 valence electrons. The lowest BCUT2D eigenvalue weighted by Gasteiger charge is -2.33. The Morgan fingerprint density at radius 2 is 1.80 bits per heavy atom. The van der Waals surface area contributed by atoms with E-state index in [2.05, 4.69) is 17.0 Å². The Labute approximate surface area is 152 Å². The summed E-state index contributed by atoms with van der Waals surface area (Å²) in [4.78, 5) is 2.25. The fraction of sp³-hybridized carbons (Fsp3) is 0.368. The van der Waals surface area contributed by atoms with Crippen LogP contribution >= 0.6 is 12.4 Å². The number of benzene rings is 2. The quantitative estimate of drug-likeness (QED) is 0.769. The van der Waals surface area contributed by atoms with Gasteiger partial charge in [-0.05, 0) is 29.7 Å². The number of nitrogens with zero attached hydrogens (tertiary/aromatic N) is 1. The molecule has 1 atom stereocenters. The van der Waals surface area contributed by atoms with Crippen LogP contribution in [0.5, 0.6) is 0 Å². The first kappa shape index (κ1) is 19.8. The largest absolute Gasteiger partial charge is 0.416 e. The molecule has 0 amide bonds. The normalized spacial score (nSPS) is 18.6. The topological polar surface area (TPSA) is 12.5 Å². The second kappa shape index (κ2) is 8.70. The van der Waals surface area contributed by atoms with Crippen LogP contribution in [0.3, 0.4) is 0 Å². The van der Waals surface area contributed by atoms with Gasteiger partial charge in [0, 0.05) is 19.6 Å². The van der Waals surface area contributed by atoms with Crippen molar-refractivity contribution in [2.45, 2.75) is 18.7 Å². The van der Waals surface area contributed by atoms with Crippen molar-refractivity contribution in [2.75, 3.05) is 26.2 Å². The van der Waals surface area contributed by atoms with Crippen molar-refractivity contribution in [3.8, 4) is 0 Å². The molecule has 25 heavy (non-hydrogen) atoms. The van der Waals surface area contributed by atoms with Gasteiger partial charge in [-0.2, -0.15) is 13.2 Å². The summed E-state index contributed by atoms with van der Waals surface area (Å²) >= 11 is 0. The van der Waals surface area contributed by atoms with Crippen LogP contribution in [0.25, 0.3) is 0 Å². The van der Waals surface area contributed by atoms with Crippen LogP contribution in [0.2, 0.25) is 0 Å². The van der Waals surface area contributed by atoms with Gasteiger partial charge in [0.1, 0.15) is 0 Å². The van der Waals surface area contributed by atoms with Gasteiger partial charge in [0.2, 0.25) is 0 Å². The van der Waals surface area contributed by atoms with Crippen molar-refractivity contribution < 1.29 is 17.9 Å². The van der Waals surface area contributed by atoms with E-state index in [-0.39, 0.29) is 18.5 Å². The van der Waals surface area contributed by atoms with Gasteiger partial charge in [0.05, 0.1) is 18.3 Å². The van der Waals surface area contributed by atoms with E-state index in [4.69, 9.17) is 4.74 Å². The van der Waals surface area contributed by atoms with Crippen LogP contribution in [-0.4, -0.2) is 31.1 Å². The second-order valence-corrected chi connectivity index (χ2v) is 6.02. The Balaban J connectivity index is 0.00000225. The molecule has 3 rings (SSSR count). The molecule has 2 aromatic carbocycles. The summed E-state index contributed by atoms with van der Waals surface area (Å²) in [7, 11) is 0. The molecule has 0 radical (unpaired) electrons. The molecule has 2 nitrogen and oxygen atoms in total. The maximum atomic E-state index is 12.9. The zero-order valence-electron chi connectivity index (χ0n) is 13.7. The average molecular weight is 372 g/mol. The molecular weight excluding hydrogens is 351 g/mol. The van der Waals surface area contributed by atoms with Gasteiger partial charge < -0.3 is 4.74 Å². The van der Waals surface area contributed by atoms with Crippen LogP contribution in [0.4, 0.5) is 13.2 Å². The highest BCUT2D eigenvalue weighted by Crippen LogP contribution is 2.32. The van der Waals surface area contributed by atoms with Gasteiger partial charge in [-0.15, -0.1) is 12.4 Å². The van der Waals surface area contributed by atoms with Gasteiger partial charge in [0.25, 0.3) is 0 Å². The number of alkyl halides is 3. The minimum atomic E-state index is -4.32. The van der Waals surface area contributed by atoms with Crippen molar-refractivity contribution in [3.63, 3.8) is 0 Å². The minimum Gasteiger partial charge on any atom is -0.371 e. The Morgan fingerprint density at radius 3 is 2.52 bits per heavy atom. The number of hydrogen-bond acceptors (Lipinski definition) is 2. The van der Waals surface area contributed by atoms with E-state index in [9.17, 15) is 13.2 Å². The van der Waals surface area contributed by atoms with Crippen molar-refractivity contribution in [3.05, 3.63) is 71.3 Å². The highest BCUT2D eigenvalue weighted by molar-refractivity contribution is 5.85. The molecule has 0 N–H and O–H groups in total. The lowest BCUT2D eigenvalue weighted by Crippen LogP contribution is -2.39. The summed E-state index contributed by atoms with van der Waals surface area (Å²) in [6.07, 6.45) is -3.70. The zero-order valence-corrected chi connectivity index (χ0v) is 14.5. The van der Waals surface area contributed by atoms with Gasteiger partial charge >= 0.3 is 6.18 Å². The van der Waals surface area contributed by atoms with Gasteiger partial charge in [-0.1, -0.05) is 42.5 Å². The molecule has 0 saturated carbocycles. The summed E-state index contributed by atoms with van der Waals surface area (Å²) in [5.41, 5.74) is 1.24. The molecule has 1 aliphatic heterocycles. The highest BCUT2D eigenvalue weighted by Gasteiger charge is 2.31. The molecule has 2 aromatic rings. The van der Waals surface area contributed by atoms with Crippen molar-refractivity contribution in [1.29, 1.82) is 0 Å². The maximum Gasteiger partial charge on any atom is 0.416 e. The summed E-state index contributed by atoms with van der Waals surface area (Å²) < 4.78 is 44.3. The van der Waals surface area contributed by atoms with Crippen LogP contribution in [0, 0.1) is 0 Å². The molecule has 1 heterocycles. The lowest BCUT2D eigenvalue weighted by atomic mass is 10.0. The third-order valence-electron chi connectivity index (χ3n) is 4.30. The van der Waals surface area contributed by atoms with Crippen LogP contribution in [-0.2, 0) is 17.3 Å².